The lowest BCUT2D eigenvalue weighted by Crippen LogP contribution is -2.24. The molecule has 0 saturated heterocycles. The van der Waals surface area contributed by atoms with Gasteiger partial charge in [0.25, 0.3) is 5.69 Å². The molecule has 0 saturated carbocycles. The molecule has 2 aromatic carbocycles. The summed E-state index contributed by atoms with van der Waals surface area (Å²) in [7, 11) is 0. The van der Waals surface area contributed by atoms with Gasteiger partial charge in [0.2, 0.25) is 5.91 Å². The number of hydrogen-bond donors (Lipinski definition) is 1. The standard InChI is InChI=1S/C15H9ClFN3O5/c16-10-5-8(17)1-3-11(10)18-14(21)7-19-12-4-2-9(20(23)24)6-13(12)25-15(19)22/h1-6H,7H2,(H,18,21). The topological polar surface area (TPSA) is 107 Å². The van der Waals surface area contributed by atoms with Gasteiger partial charge in [-0.05, 0) is 24.3 Å². The maximum Gasteiger partial charge on any atom is 0.420 e. The van der Waals surface area contributed by atoms with Crippen LogP contribution in [0.3, 0.4) is 0 Å². The van der Waals surface area contributed by atoms with Crippen molar-refractivity contribution >= 4 is 40.0 Å². The van der Waals surface area contributed by atoms with E-state index < -0.39 is 28.9 Å². The van der Waals surface area contributed by atoms with Crippen LogP contribution in [0.1, 0.15) is 0 Å². The number of amides is 1. The number of rotatable bonds is 4. The van der Waals surface area contributed by atoms with E-state index in [9.17, 15) is 24.1 Å². The van der Waals surface area contributed by atoms with Gasteiger partial charge < -0.3 is 9.73 Å². The maximum absolute atomic E-state index is 13.0. The van der Waals surface area contributed by atoms with Crippen molar-refractivity contribution in [2.45, 2.75) is 6.54 Å². The zero-order valence-corrected chi connectivity index (χ0v) is 13.1. The smallest absolute Gasteiger partial charge is 0.407 e. The highest BCUT2D eigenvalue weighted by Gasteiger charge is 2.16. The number of nitro benzene ring substituents is 1. The van der Waals surface area contributed by atoms with Gasteiger partial charge in [-0.3, -0.25) is 19.5 Å². The minimum absolute atomic E-state index is 0.00758. The third-order valence-corrected chi connectivity index (χ3v) is 3.68. The lowest BCUT2D eigenvalue weighted by molar-refractivity contribution is -0.384. The van der Waals surface area contributed by atoms with Crippen molar-refractivity contribution in [1.82, 2.24) is 4.57 Å². The second kappa shape index (κ2) is 6.36. The number of nitrogens with one attached hydrogen (secondary N) is 1. The van der Waals surface area contributed by atoms with Gasteiger partial charge in [-0.25, -0.2) is 9.18 Å². The molecule has 0 spiro atoms. The van der Waals surface area contributed by atoms with Crippen LogP contribution in [0.4, 0.5) is 15.8 Å². The number of oxazole rings is 1. The monoisotopic (exact) mass is 365 g/mol. The molecular formula is C15H9ClFN3O5. The van der Waals surface area contributed by atoms with Gasteiger partial charge in [-0.1, -0.05) is 11.6 Å². The van der Waals surface area contributed by atoms with E-state index in [-0.39, 0.29) is 27.5 Å². The number of anilines is 1. The molecule has 10 heteroatoms. The molecular weight excluding hydrogens is 357 g/mol. The molecule has 0 atom stereocenters. The molecule has 1 heterocycles. The Morgan fingerprint density at radius 2 is 2.08 bits per heavy atom. The second-order valence-corrected chi connectivity index (χ2v) is 5.44. The highest BCUT2D eigenvalue weighted by molar-refractivity contribution is 6.33. The van der Waals surface area contributed by atoms with Crippen LogP contribution in [0, 0.1) is 15.9 Å². The highest BCUT2D eigenvalue weighted by Crippen LogP contribution is 2.23. The van der Waals surface area contributed by atoms with Gasteiger partial charge in [0, 0.05) is 6.07 Å². The third kappa shape index (κ3) is 3.36. The fourth-order valence-corrected chi connectivity index (χ4v) is 2.46. The summed E-state index contributed by atoms with van der Waals surface area (Å²) < 4.78 is 19.0. The maximum atomic E-state index is 13.0. The Kier molecular flexibility index (Phi) is 4.24. The first-order valence-electron chi connectivity index (χ1n) is 6.88. The number of fused-ring (bicyclic) bond motifs is 1. The minimum atomic E-state index is -0.837. The molecule has 128 valence electrons. The Morgan fingerprint density at radius 3 is 2.76 bits per heavy atom. The molecule has 3 aromatic rings. The molecule has 0 radical (unpaired) electrons. The molecule has 1 aromatic heterocycles. The Morgan fingerprint density at radius 1 is 1.32 bits per heavy atom. The molecule has 3 rings (SSSR count). The van der Waals surface area contributed by atoms with Crippen molar-refractivity contribution in [3.05, 3.63) is 67.9 Å². The van der Waals surface area contributed by atoms with Crippen molar-refractivity contribution in [3.8, 4) is 0 Å². The van der Waals surface area contributed by atoms with Crippen molar-refractivity contribution in [1.29, 1.82) is 0 Å². The number of halogens is 2. The number of benzene rings is 2. The van der Waals surface area contributed by atoms with E-state index >= 15 is 0 Å². The lowest BCUT2D eigenvalue weighted by atomic mass is 10.3. The second-order valence-electron chi connectivity index (χ2n) is 5.04. The largest absolute Gasteiger partial charge is 0.420 e. The summed E-state index contributed by atoms with van der Waals surface area (Å²) >= 11 is 5.82. The molecule has 1 amide bonds. The van der Waals surface area contributed by atoms with Crippen LogP contribution in [-0.2, 0) is 11.3 Å². The summed E-state index contributed by atoms with van der Waals surface area (Å²) in [5.74, 6) is -1.99. The summed E-state index contributed by atoms with van der Waals surface area (Å²) in [5.41, 5.74) is 0.170. The fraction of sp³-hybridized carbons (Fsp3) is 0.0667. The van der Waals surface area contributed by atoms with Gasteiger partial charge in [-0.15, -0.1) is 0 Å². The minimum Gasteiger partial charge on any atom is -0.407 e. The van der Waals surface area contributed by atoms with Crippen LogP contribution in [-0.4, -0.2) is 15.4 Å². The Balaban J connectivity index is 1.87. The molecule has 0 bridgehead atoms. The van der Waals surface area contributed by atoms with Crippen LogP contribution >= 0.6 is 11.6 Å². The summed E-state index contributed by atoms with van der Waals surface area (Å²) in [4.78, 5) is 34.1. The molecule has 0 aliphatic rings. The number of hydrogen-bond acceptors (Lipinski definition) is 5. The van der Waals surface area contributed by atoms with E-state index in [0.717, 1.165) is 22.8 Å². The molecule has 1 N–H and O–H groups in total. The van der Waals surface area contributed by atoms with Crippen LogP contribution in [0.15, 0.2) is 45.6 Å². The molecule has 8 nitrogen and oxygen atoms in total. The van der Waals surface area contributed by atoms with E-state index in [1.807, 2.05) is 0 Å². The van der Waals surface area contributed by atoms with Gasteiger partial charge in [0.05, 0.1) is 27.2 Å². The molecule has 25 heavy (non-hydrogen) atoms. The SMILES string of the molecule is O=C(Cn1c(=O)oc2cc([N+](=O)[O-])ccc21)Nc1ccc(F)cc1Cl. The molecule has 0 aliphatic carbocycles. The van der Waals surface area contributed by atoms with E-state index in [0.29, 0.717) is 0 Å². The zero-order chi connectivity index (χ0) is 18.1. The van der Waals surface area contributed by atoms with Crippen LogP contribution in [0.2, 0.25) is 5.02 Å². The van der Waals surface area contributed by atoms with Gasteiger partial charge in [0.15, 0.2) is 5.58 Å². The lowest BCUT2D eigenvalue weighted by Gasteiger charge is -2.07. The Bertz CT molecular complexity index is 1060. The zero-order valence-electron chi connectivity index (χ0n) is 12.4. The van der Waals surface area contributed by atoms with Gasteiger partial charge in [-0.2, -0.15) is 0 Å². The van der Waals surface area contributed by atoms with Crippen LogP contribution in [0.25, 0.3) is 11.1 Å². The molecule has 0 unspecified atom stereocenters. The van der Waals surface area contributed by atoms with E-state index in [1.165, 1.54) is 18.2 Å². The normalized spacial score (nSPS) is 10.8. The predicted molar refractivity (Wildman–Crippen MR) is 87.2 cm³/mol. The first-order valence-corrected chi connectivity index (χ1v) is 7.25. The Hall–Kier alpha value is -3.20. The fourth-order valence-electron chi connectivity index (χ4n) is 2.24. The van der Waals surface area contributed by atoms with E-state index in [1.54, 1.807) is 0 Å². The number of aromatic nitrogens is 1. The third-order valence-electron chi connectivity index (χ3n) is 3.37. The summed E-state index contributed by atoms with van der Waals surface area (Å²) in [6, 6.07) is 7.06. The van der Waals surface area contributed by atoms with Crippen molar-refractivity contribution in [3.63, 3.8) is 0 Å². The van der Waals surface area contributed by atoms with Crippen LogP contribution in [0.5, 0.6) is 0 Å². The van der Waals surface area contributed by atoms with Crippen molar-refractivity contribution in [2.24, 2.45) is 0 Å². The van der Waals surface area contributed by atoms with Crippen molar-refractivity contribution < 1.29 is 18.5 Å². The average molecular weight is 366 g/mol. The average Bonchev–Trinajstić information content (AvgIpc) is 2.85. The summed E-state index contributed by atoms with van der Waals surface area (Å²) in [6.45, 7) is -0.405. The van der Waals surface area contributed by atoms with Crippen LogP contribution < -0.4 is 11.1 Å². The first kappa shape index (κ1) is 16.7. The summed E-state index contributed by atoms with van der Waals surface area (Å²) in [5, 5.41) is 13.2. The van der Waals surface area contributed by atoms with Crippen molar-refractivity contribution in [2.75, 3.05) is 5.32 Å². The number of non-ortho nitro benzene ring substituents is 1. The molecule has 0 fully saturated rings. The Labute approximate surface area is 143 Å². The molecule has 0 aliphatic heterocycles. The van der Waals surface area contributed by atoms with Gasteiger partial charge >= 0.3 is 5.76 Å². The van der Waals surface area contributed by atoms with E-state index in [4.69, 9.17) is 16.0 Å². The van der Waals surface area contributed by atoms with E-state index in [2.05, 4.69) is 5.32 Å². The number of nitrogens with zero attached hydrogens (tertiary/aromatic N) is 2. The number of nitro groups is 1. The summed E-state index contributed by atoms with van der Waals surface area (Å²) in [6.07, 6.45) is 0. The highest BCUT2D eigenvalue weighted by atomic mass is 35.5. The predicted octanol–water partition coefficient (Wildman–Crippen LogP) is 2.93. The quantitative estimate of drug-likeness (QED) is 0.565. The first-order chi connectivity index (χ1) is 11.8. The van der Waals surface area contributed by atoms with Gasteiger partial charge in [0.1, 0.15) is 12.4 Å². The number of carbonyl (C=O) groups is 1. The number of carbonyl (C=O) groups excluding carboxylic acids is 1.